The van der Waals surface area contributed by atoms with E-state index in [0.717, 1.165) is 12.8 Å². The highest BCUT2D eigenvalue weighted by Crippen LogP contribution is 2.59. The number of aliphatic hydroxyl groups excluding tert-OH is 1. The van der Waals surface area contributed by atoms with Crippen molar-refractivity contribution < 1.29 is 33.8 Å². The third-order valence-electron chi connectivity index (χ3n) is 9.90. The fourth-order valence-electron chi connectivity index (χ4n) is 7.61. The Bertz CT molecular complexity index is 1270. The number of carbonyl (C=O) groups excluding carboxylic acids is 4. The summed E-state index contributed by atoms with van der Waals surface area (Å²) in [6.45, 7) is 15.4. The minimum absolute atomic E-state index is 0.0622. The second kappa shape index (κ2) is 15.4. The van der Waals surface area contributed by atoms with Crippen LogP contribution in [0.4, 0.5) is 0 Å². The van der Waals surface area contributed by atoms with Crippen LogP contribution >= 0.6 is 0 Å². The van der Waals surface area contributed by atoms with Crippen molar-refractivity contribution >= 4 is 23.7 Å². The van der Waals surface area contributed by atoms with E-state index in [0.29, 0.717) is 31.4 Å². The lowest BCUT2D eigenvalue weighted by molar-refractivity contribution is -0.161. The van der Waals surface area contributed by atoms with Crippen molar-refractivity contribution in [3.63, 3.8) is 0 Å². The third-order valence-corrected chi connectivity index (χ3v) is 9.90. The lowest BCUT2D eigenvalue weighted by Crippen LogP contribution is -2.60. The molecular formula is C36H51N3O7. The maximum absolute atomic E-state index is 14.6. The molecule has 0 aliphatic carbocycles. The van der Waals surface area contributed by atoms with Gasteiger partial charge in [-0.1, -0.05) is 69.7 Å². The first kappa shape index (κ1) is 35.4. The second-order valence-corrected chi connectivity index (χ2v) is 13.2. The zero-order chi connectivity index (χ0) is 33.6. The quantitative estimate of drug-likeness (QED) is 0.196. The van der Waals surface area contributed by atoms with Gasteiger partial charge in [0.25, 0.3) is 0 Å². The van der Waals surface area contributed by atoms with E-state index in [9.17, 15) is 24.3 Å². The Kier molecular flexibility index (Phi) is 11.8. The molecule has 3 aliphatic rings. The van der Waals surface area contributed by atoms with Crippen molar-refractivity contribution in [1.29, 1.82) is 0 Å². The van der Waals surface area contributed by atoms with Gasteiger partial charge in [0.1, 0.15) is 17.7 Å². The van der Waals surface area contributed by atoms with E-state index in [-0.39, 0.29) is 49.3 Å². The maximum Gasteiger partial charge on any atom is 0.313 e. The van der Waals surface area contributed by atoms with Crippen molar-refractivity contribution in [2.45, 2.75) is 102 Å². The summed E-state index contributed by atoms with van der Waals surface area (Å²) >= 11 is 0. The standard InChI is InChI=1S/C36H51N3O7/c1-7-10-17-29(41)37-21-28(25-15-12-11-13-16-25)45-35(44)30-27-18-19-36(46-27)31(30)33(42)39(26(22-40)23(4)5)32(36)34(43)38(20-9-3)24(6)14-8-2/h7,9,11-13,15-16,23-24,26-28,30-32,40H,1,3,8,10,14,17-22H2,2,4-6H3,(H,37,41)/t24?,26-,27-,28-,30+,31+,32-,36+/m0/s1. The maximum atomic E-state index is 14.6. The number of hydrogen-bond acceptors (Lipinski definition) is 7. The number of rotatable bonds is 17. The van der Waals surface area contributed by atoms with Gasteiger partial charge in [-0.2, -0.15) is 0 Å². The molecule has 4 rings (SSSR count). The van der Waals surface area contributed by atoms with E-state index in [1.54, 1.807) is 17.1 Å². The number of benzene rings is 1. The molecule has 0 saturated carbocycles. The normalized spacial score (nSPS) is 26.7. The summed E-state index contributed by atoms with van der Waals surface area (Å²) in [6.07, 6.45) is 5.33. The van der Waals surface area contributed by atoms with Gasteiger partial charge in [0, 0.05) is 19.0 Å². The van der Waals surface area contributed by atoms with Crippen LogP contribution in [0.15, 0.2) is 55.6 Å². The predicted molar refractivity (Wildman–Crippen MR) is 174 cm³/mol. The van der Waals surface area contributed by atoms with Crippen LogP contribution in [-0.4, -0.2) is 88.1 Å². The van der Waals surface area contributed by atoms with Crippen molar-refractivity contribution in [3.8, 4) is 0 Å². The fourth-order valence-corrected chi connectivity index (χ4v) is 7.61. The summed E-state index contributed by atoms with van der Waals surface area (Å²) in [5.41, 5.74) is -0.520. The van der Waals surface area contributed by atoms with Crippen LogP contribution < -0.4 is 5.32 Å². The van der Waals surface area contributed by atoms with E-state index in [1.165, 1.54) is 4.90 Å². The molecule has 8 atom stereocenters. The van der Waals surface area contributed by atoms with E-state index in [1.807, 2.05) is 51.1 Å². The molecule has 3 aliphatic heterocycles. The number of carbonyl (C=O) groups is 4. The van der Waals surface area contributed by atoms with Crippen LogP contribution in [0.5, 0.6) is 0 Å². The molecule has 46 heavy (non-hydrogen) atoms. The highest BCUT2D eigenvalue weighted by molar-refractivity contribution is 5.98. The molecule has 1 aromatic carbocycles. The summed E-state index contributed by atoms with van der Waals surface area (Å²) in [6, 6.07) is 7.40. The van der Waals surface area contributed by atoms with Gasteiger partial charge < -0.3 is 29.7 Å². The molecule has 0 aromatic heterocycles. The Morgan fingerprint density at radius 2 is 1.91 bits per heavy atom. The van der Waals surface area contributed by atoms with Crippen LogP contribution in [0.25, 0.3) is 0 Å². The average molecular weight is 638 g/mol. The third kappa shape index (κ3) is 6.79. The van der Waals surface area contributed by atoms with Crippen LogP contribution in [-0.2, 0) is 28.7 Å². The zero-order valence-corrected chi connectivity index (χ0v) is 27.7. The number of allylic oxidation sites excluding steroid dienone is 1. The molecule has 0 radical (unpaired) electrons. The van der Waals surface area contributed by atoms with E-state index in [2.05, 4.69) is 25.4 Å². The first-order chi connectivity index (χ1) is 22.1. The molecule has 1 unspecified atom stereocenters. The molecule has 10 heteroatoms. The topological polar surface area (TPSA) is 125 Å². The van der Waals surface area contributed by atoms with Crippen molar-refractivity contribution in [2.24, 2.45) is 17.8 Å². The lowest BCUT2D eigenvalue weighted by Gasteiger charge is -2.41. The largest absolute Gasteiger partial charge is 0.455 e. The molecule has 3 saturated heterocycles. The SMILES string of the molecule is C=CCCC(=O)NC[C@H](OC(=O)[C@@H]1[C@@H]2CC[C@]3(O2)[C@H](C(=O)N(CC=C)C(C)CCC)N([C@@H](CO)C(C)C)C(=O)[C@@H]13)c1ccccc1. The molecule has 1 spiro atoms. The Hall–Kier alpha value is -3.50. The minimum Gasteiger partial charge on any atom is -0.455 e. The van der Waals surface area contributed by atoms with Gasteiger partial charge in [-0.25, -0.2) is 0 Å². The highest BCUT2D eigenvalue weighted by atomic mass is 16.6. The Balaban J connectivity index is 1.69. The molecule has 3 heterocycles. The van der Waals surface area contributed by atoms with Crippen LogP contribution in [0, 0.1) is 17.8 Å². The summed E-state index contributed by atoms with van der Waals surface area (Å²) in [7, 11) is 0. The monoisotopic (exact) mass is 637 g/mol. The van der Waals surface area contributed by atoms with Gasteiger partial charge in [-0.3, -0.25) is 19.2 Å². The number of ether oxygens (including phenoxy) is 2. The Morgan fingerprint density at radius 3 is 2.52 bits per heavy atom. The van der Waals surface area contributed by atoms with Gasteiger partial charge in [-0.05, 0) is 44.1 Å². The van der Waals surface area contributed by atoms with E-state index in [4.69, 9.17) is 9.47 Å². The molecule has 2 bridgehead atoms. The molecule has 3 fully saturated rings. The molecule has 252 valence electrons. The van der Waals surface area contributed by atoms with Crippen LogP contribution in [0.1, 0.15) is 77.9 Å². The first-order valence-electron chi connectivity index (χ1n) is 16.7. The number of nitrogens with one attached hydrogen (secondary N) is 1. The zero-order valence-electron chi connectivity index (χ0n) is 27.7. The van der Waals surface area contributed by atoms with Crippen LogP contribution in [0.2, 0.25) is 0 Å². The predicted octanol–water partition coefficient (Wildman–Crippen LogP) is 3.95. The number of hydrogen-bond donors (Lipinski definition) is 2. The number of likely N-dealkylation sites (tertiary alicyclic amines) is 1. The van der Waals surface area contributed by atoms with Gasteiger partial charge >= 0.3 is 5.97 Å². The smallest absolute Gasteiger partial charge is 0.313 e. The first-order valence-corrected chi connectivity index (χ1v) is 16.7. The number of esters is 1. The van der Waals surface area contributed by atoms with Gasteiger partial charge in [0.05, 0.1) is 37.1 Å². The summed E-state index contributed by atoms with van der Waals surface area (Å²) in [5.74, 6) is -3.44. The molecule has 10 nitrogen and oxygen atoms in total. The molecular weight excluding hydrogens is 586 g/mol. The van der Waals surface area contributed by atoms with Gasteiger partial charge in [-0.15, -0.1) is 13.2 Å². The molecule has 1 aromatic rings. The highest BCUT2D eigenvalue weighted by Gasteiger charge is 2.76. The number of nitrogens with zero attached hydrogens (tertiary/aromatic N) is 2. The summed E-state index contributed by atoms with van der Waals surface area (Å²) in [4.78, 5) is 59.0. The fraction of sp³-hybridized carbons (Fsp3) is 0.611. The van der Waals surface area contributed by atoms with Crippen molar-refractivity contribution in [1.82, 2.24) is 15.1 Å². The molecule has 2 N–H and O–H groups in total. The van der Waals surface area contributed by atoms with Crippen LogP contribution in [0.3, 0.4) is 0 Å². The number of amides is 3. The van der Waals surface area contributed by atoms with Gasteiger partial charge in [0.2, 0.25) is 17.7 Å². The summed E-state index contributed by atoms with van der Waals surface area (Å²) < 4.78 is 12.7. The average Bonchev–Trinajstić information content (AvgIpc) is 3.68. The van der Waals surface area contributed by atoms with Gasteiger partial charge in [0.15, 0.2) is 0 Å². The summed E-state index contributed by atoms with van der Waals surface area (Å²) in [5, 5.41) is 13.4. The van der Waals surface area contributed by atoms with E-state index < -0.39 is 47.7 Å². The van der Waals surface area contributed by atoms with Crippen molar-refractivity contribution in [2.75, 3.05) is 19.7 Å². The Morgan fingerprint density at radius 1 is 1.20 bits per heavy atom. The lowest BCUT2D eigenvalue weighted by atomic mass is 9.70. The number of fused-ring (bicyclic) bond motifs is 1. The minimum atomic E-state index is -1.22. The second-order valence-electron chi connectivity index (χ2n) is 13.2. The molecule has 3 amide bonds. The number of aliphatic hydroxyl groups is 1. The van der Waals surface area contributed by atoms with Crippen molar-refractivity contribution in [3.05, 3.63) is 61.2 Å². The Labute approximate surface area is 273 Å². The van der Waals surface area contributed by atoms with E-state index >= 15 is 0 Å².